The maximum absolute atomic E-state index is 12.5. The van der Waals surface area contributed by atoms with Gasteiger partial charge in [0.05, 0.1) is 11.4 Å². The van der Waals surface area contributed by atoms with Crippen LogP contribution in [0.3, 0.4) is 0 Å². The summed E-state index contributed by atoms with van der Waals surface area (Å²) in [5, 5.41) is 11.5. The Balaban J connectivity index is 2.88. The van der Waals surface area contributed by atoms with Crippen LogP contribution in [0, 0.1) is 5.92 Å². The standard InChI is InChI=1S/C15H24N2O3S/c1-10(2)8-17(7-6-12(18)19)13(20)11-9-21-14(16-11)15(3,4)5/h9-10H,6-8H2,1-5H3,(H,18,19). The van der Waals surface area contributed by atoms with Gasteiger partial charge in [-0.2, -0.15) is 0 Å². The summed E-state index contributed by atoms with van der Waals surface area (Å²) in [4.78, 5) is 29.2. The van der Waals surface area contributed by atoms with E-state index in [0.29, 0.717) is 12.2 Å². The van der Waals surface area contributed by atoms with E-state index in [0.717, 1.165) is 5.01 Å². The van der Waals surface area contributed by atoms with E-state index in [2.05, 4.69) is 25.8 Å². The van der Waals surface area contributed by atoms with Gasteiger partial charge in [-0.05, 0) is 5.92 Å². The zero-order chi connectivity index (χ0) is 16.2. The summed E-state index contributed by atoms with van der Waals surface area (Å²) in [6.45, 7) is 10.9. The maximum atomic E-state index is 12.5. The molecule has 0 saturated carbocycles. The molecule has 21 heavy (non-hydrogen) atoms. The van der Waals surface area contributed by atoms with E-state index in [4.69, 9.17) is 5.11 Å². The van der Waals surface area contributed by atoms with Crippen molar-refractivity contribution in [3.8, 4) is 0 Å². The summed E-state index contributed by atoms with van der Waals surface area (Å²) < 4.78 is 0. The minimum Gasteiger partial charge on any atom is -0.481 e. The van der Waals surface area contributed by atoms with Crippen molar-refractivity contribution in [3.63, 3.8) is 0 Å². The van der Waals surface area contributed by atoms with Gasteiger partial charge in [0.15, 0.2) is 0 Å². The Morgan fingerprint density at radius 3 is 2.43 bits per heavy atom. The van der Waals surface area contributed by atoms with Gasteiger partial charge < -0.3 is 10.0 Å². The van der Waals surface area contributed by atoms with Crippen molar-refractivity contribution in [1.29, 1.82) is 0 Å². The van der Waals surface area contributed by atoms with Gasteiger partial charge >= 0.3 is 5.97 Å². The number of aliphatic carboxylic acids is 1. The van der Waals surface area contributed by atoms with Crippen LogP contribution in [0.4, 0.5) is 0 Å². The maximum Gasteiger partial charge on any atom is 0.305 e. The molecule has 0 unspecified atom stereocenters. The Morgan fingerprint density at radius 2 is 2.00 bits per heavy atom. The van der Waals surface area contributed by atoms with E-state index in [1.807, 2.05) is 13.8 Å². The van der Waals surface area contributed by atoms with Crippen LogP contribution in [-0.4, -0.2) is 40.0 Å². The van der Waals surface area contributed by atoms with Gasteiger partial charge in [-0.3, -0.25) is 9.59 Å². The van der Waals surface area contributed by atoms with Crippen LogP contribution in [-0.2, 0) is 10.2 Å². The Bertz CT molecular complexity index is 503. The number of carboxylic acids is 1. The van der Waals surface area contributed by atoms with Crippen LogP contribution in [0.25, 0.3) is 0 Å². The van der Waals surface area contributed by atoms with Crippen molar-refractivity contribution < 1.29 is 14.7 Å². The van der Waals surface area contributed by atoms with Crippen LogP contribution >= 0.6 is 11.3 Å². The lowest BCUT2D eigenvalue weighted by molar-refractivity contribution is -0.137. The van der Waals surface area contributed by atoms with Crippen LogP contribution in [0.5, 0.6) is 0 Å². The topological polar surface area (TPSA) is 70.5 Å². The van der Waals surface area contributed by atoms with E-state index in [9.17, 15) is 9.59 Å². The van der Waals surface area contributed by atoms with Gasteiger partial charge in [0.2, 0.25) is 0 Å². The molecule has 1 aromatic heterocycles. The third-order valence-corrected chi connectivity index (χ3v) is 4.10. The molecule has 0 radical (unpaired) electrons. The zero-order valence-corrected chi connectivity index (χ0v) is 14.2. The van der Waals surface area contributed by atoms with E-state index < -0.39 is 5.97 Å². The van der Waals surface area contributed by atoms with Crippen molar-refractivity contribution in [2.24, 2.45) is 5.92 Å². The summed E-state index contributed by atoms with van der Waals surface area (Å²) in [6.07, 6.45) is -0.0469. The summed E-state index contributed by atoms with van der Waals surface area (Å²) >= 11 is 1.47. The van der Waals surface area contributed by atoms with Crippen LogP contribution < -0.4 is 0 Å². The summed E-state index contributed by atoms with van der Waals surface area (Å²) in [7, 11) is 0. The fourth-order valence-electron chi connectivity index (χ4n) is 1.83. The highest BCUT2D eigenvalue weighted by Crippen LogP contribution is 2.26. The number of amides is 1. The molecule has 5 nitrogen and oxygen atoms in total. The molecule has 118 valence electrons. The third kappa shape index (κ3) is 5.46. The first-order valence-electron chi connectivity index (χ1n) is 7.08. The van der Waals surface area contributed by atoms with Crippen molar-refractivity contribution in [3.05, 3.63) is 16.1 Å². The van der Waals surface area contributed by atoms with Crippen LogP contribution in [0.15, 0.2) is 5.38 Å². The van der Waals surface area contributed by atoms with Gasteiger partial charge in [-0.15, -0.1) is 11.3 Å². The van der Waals surface area contributed by atoms with Crippen molar-refractivity contribution >= 4 is 23.2 Å². The van der Waals surface area contributed by atoms with Gasteiger partial charge in [-0.25, -0.2) is 4.98 Å². The fourth-order valence-corrected chi connectivity index (χ4v) is 2.71. The third-order valence-electron chi connectivity index (χ3n) is 2.83. The average molecular weight is 312 g/mol. The Hall–Kier alpha value is -1.43. The monoisotopic (exact) mass is 312 g/mol. The highest BCUT2D eigenvalue weighted by Gasteiger charge is 2.24. The summed E-state index contributed by atoms with van der Waals surface area (Å²) in [6, 6.07) is 0. The highest BCUT2D eigenvalue weighted by molar-refractivity contribution is 7.10. The normalized spacial score (nSPS) is 11.7. The smallest absolute Gasteiger partial charge is 0.305 e. The molecule has 0 aliphatic rings. The quantitative estimate of drug-likeness (QED) is 0.876. The molecule has 0 atom stereocenters. The molecular weight excluding hydrogens is 288 g/mol. The predicted octanol–water partition coefficient (Wildman–Crippen LogP) is 3.01. The molecule has 0 spiro atoms. The molecule has 0 aliphatic heterocycles. The van der Waals surface area contributed by atoms with Gasteiger partial charge in [0.25, 0.3) is 5.91 Å². The second-order valence-electron chi connectivity index (χ2n) is 6.58. The van der Waals surface area contributed by atoms with Crippen molar-refractivity contribution in [2.75, 3.05) is 13.1 Å². The number of rotatable bonds is 6. The van der Waals surface area contributed by atoms with Crippen molar-refractivity contribution in [1.82, 2.24) is 9.88 Å². The molecule has 0 fully saturated rings. The van der Waals surface area contributed by atoms with Crippen LogP contribution in [0.2, 0.25) is 0 Å². The van der Waals surface area contributed by atoms with E-state index in [1.165, 1.54) is 11.3 Å². The molecule has 1 amide bonds. The molecule has 0 saturated heterocycles. The van der Waals surface area contributed by atoms with Crippen LogP contribution in [0.1, 0.15) is 56.5 Å². The number of aromatic nitrogens is 1. The summed E-state index contributed by atoms with van der Waals surface area (Å²) in [5.74, 6) is -0.801. The number of thiazole rings is 1. The molecule has 0 bridgehead atoms. The molecule has 1 rings (SSSR count). The lowest BCUT2D eigenvalue weighted by atomic mass is 9.98. The molecule has 0 aliphatic carbocycles. The average Bonchev–Trinajstić information content (AvgIpc) is 2.82. The Labute approximate surface area is 130 Å². The minimum absolute atomic E-state index is 0.0469. The molecule has 1 heterocycles. The zero-order valence-electron chi connectivity index (χ0n) is 13.3. The largest absolute Gasteiger partial charge is 0.481 e. The number of carboxylic acid groups (broad SMARTS) is 1. The molecule has 0 aromatic carbocycles. The second-order valence-corrected chi connectivity index (χ2v) is 7.43. The van der Waals surface area contributed by atoms with E-state index in [1.54, 1.807) is 10.3 Å². The number of hydrogen-bond donors (Lipinski definition) is 1. The Kier molecular flexibility index (Phi) is 5.89. The number of carbonyl (C=O) groups is 2. The lowest BCUT2D eigenvalue weighted by Crippen LogP contribution is -2.36. The van der Waals surface area contributed by atoms with E-state index in [-0.39, 0.29) is 30.2 Å². The molecule has 1 N–H and O–H groups in total. The Morgan fingerprint density at radius 1 is 1.38 bits per heavy atom. The van der Waals surface area contributed by atoms with Crippen molar-refractivity contribution in [2.45, 2.75) is 46.5 Å². The first kappa shape index (κ1) is 17.6. The number of hydrogen-bond acceptors (Lipinski definition) is 4. The number of carbonyl (C=O) groups excluding carboxylic acids is 1. The summed E-state index contributed by atoms with van der Waals surface area (Å²) in [5.41, 5.74) is 0.323. The van der Waals surface area contributed by atoms with Gasteiger partial charge in [0.1, 0.15) is 5.69 Å². The second kappa shape index (κ2) is 7.02. The first-order valence-corrected chi connectivity index (χ1v) is 7.96. The van der Waals surface area contributed by atoms with Gasteiger partial charge in [-0.1, -0.05) is 34.6 Å². The molecule has 1 aromatic rings. The number of nitrogens with zero attached hydrogens (tertiary/aromatic N) is 2. The SMILES string of the molecule is CC(C)CN(CCC(=O)O)C(=O)c1csc(C(C)(C)C)n1. The lowest BCUT2D eigenvalue weighted by Gasteiger charge is -2.23. The first-order chi connectivity index (χ1) is 9.61. The molecular formula is C15H24N2O3S. The minimum atomic E-state index is -0.898. The fraction of sp³-hybridized carbons (Fsp3) is 0.667. The highest BCUT2D eigenvalue weighted by atomic mass is 32.1. The van der Waals surface area contributed by atoms with E-state index >= 15 is 0 Å². The van der Waals surface area contributed by atoms with Gasteiger partial charge in [0, 0.05) is 23.9 Å². The molecule has 6 heteroatoms. The predicted molar refractivity (Wildman–Crippen MR) is 83.8 cm³/mol.